The summed E-state index contributed by atoms with van der Waals surface area (Å²) in [6, 6.07) is 0. The van der Waals surface area contributed by atoms with Crippen molar-refractivity contribution in [1.29, 1.82) is 0 Å². The lowest BCUT2D eigenvalue weighted by molar-refractivity contribution is -0.194. The van der Waals surface area contributed by atoms with Crippen LogP contribution in [0.15, 0.2) is 0 Å². The first-order valence-corrected chi connectivity index (χ1v) is 5.15. The Morgan fingerprint density at radius 2 is 2.17 bits per heavy atom. The molecule has 0 amide bonds. The quantitative estimate of drug-likeness (QED) is 0.634. The topological polar surface area (TPSA) is 18.5 Å². The molecule has 0 aromatic carbocycles. The molecule has 3 atom stereocenters. The molecule has 2 saturated heterocycles. The van der Waals surface area contributed by atoms with Crippen LogP contribution in [0.4, 0.5) is 0 Å². The predicted molar refractivity (Wildman–Crippen MR) is 46.9 cm³/mol. The molecule has 2 heterocycles. The average Bonchev–Trinajstić information content (AvgIpc) is 2.39. The van der Waals surface area contributed by atoms with Gasteiger partial charge in [-0.25, -0.2) is 0 Å². The van der Waals surface area contributed by atoms with Gasteiger partial charge in [-0.15, -0.1) is 0 Å². The van der Waals surface area contributed by atoms with E-state index >= 15 is 0 Å². The van der Waals surface area contributed by atoms with Crippen molar-refractivity contribution in [2.75, 3.05) is 0 Å². The third kappa shape index (κ3) is 1.17. The highest BCUT2D eigenvalue weighted by molar-refractivity contribution is 4.89. The molecule has 2 nitrogen and oxygen atoms in total. The largest absolute Gasteiger partial charge is 0.344 e. The fourth-order valence-corrected chi connectivity index (χ4v) is 2.36. The monoisotopic (exact) mass is 170 g/mol. The van der Waals surface area contributed by atoms with Crippen LogP contribution in [0.3, 0.4) is 0 Å². The molecule has 2 bridgehead atoms. The second-order valence-electron chi connectivity index (χ2n) is 3.88. The van der Waals surface area contributed by atoms with E-state index in [1.807, 2.05) is 0 Å². The van der Waals surface area contributed by atoms with E-state index in [1.165, 1.54) is 12.8 Å². The van der Waals surface area contributed by atoms with Gasteiger partial charge in [0.2, 0.25) is 0 Å². The summed E-state index contributed by atoms with van der Waals surface area (Å²) in [6.45, 7) is 4.33. The van der Waals surface area contributed by atoms with Gasteiger partial charge in [-0.05, 0) is 25.7 Å². The molecule has 2 aliphatic rings. The van der Waals surface area contributed by atoms with Crippen LogP contribution in [0.25, 0.3) is 0 Å². The van der Waals surface area contributed by atoms with Gasteiger partial charge in [0, 0.05) is 6.42 Å². The fourth-order valence-electron chi connectivity index (χ4n) is 2.36. The highest BCUT2D eigenvalue weighted by Crippen LogP contribution is 2.42. The van der Waals surface area contributed by atoms with Crippen molar-refractivity contribution in [3.05, 3.63) is 0 Å². The van der Waals surface area contributed by atoms with Gasteiger partial charge in [0.15, 0.2) is 5.79 Å². The molecular weight excluding hydrogens is 152 g/mol. The molecule has 0 aliphatic carbocycles. The summed E-state index contributed by atoms with van der Waals surface area (Å²) in [6.07, 6.45) is 6.41. The predicted octanol–water partition coefficient (Wildman–Crippen LogP) is 2.47. The molecule has 0 aromatic heterocycles. The van der Waals surface area contributed by atoms with Gasteiger partial charge in [-0.1, -0.05) is 13.8 Å². The number of hydrogen-bond donors (Lipinski definition) is 0. The maximum absolute atomic E-state index is 5.95. The zero-order valence-corrected chi connectivity index (χ0v) is 8.01. The van der Waals surface area contributed by atoms with Gasteiger partial charge in [0.1, 0.15) is 0 Å². The zero-order chi connectivity index (χ0) is 8.60. The van der Waals surface area contributed by atoms with E-state index < -0.39 is 0 Å². The third-order valence-corrected chi connectivity index (χ3v) is 3.13. The SMILES string of the molecule is CC[C@H]1O[C@]2(CC)CCC[C@H]1O2. The summed E-state index contributed by atoms with van der Waals surface area (Å²) in [4.78, 5) is 0. The molecular formula is C10H18O2. The van der Waals surface area contributed by atoms with Crippen molar-refractivity contribution < 1.29 is 9.47 Å². The molecule has 0 radical (unpaired) electrons. The average molecular weight is 170 g/mol. The highest BCUT2D eigenvalue weighted by Gasteiger charge is 2.47. The van der Waals surface area contributed by atoms with Crippen molar-refractivity contribution in [3.63, 3.8) is 0 Å². The summed E-state index contributed by atoms with van der Waals surface area (Å²) < 4.78 is 11.9. The minimum absolute atomic E-state index is 0.191. The van der Waals surface area contributed by atoms with Gasteiger partial charge in [0.25, 0.3) is 0 Å². The van der Waals surface area contributed by atoms with Crippen molar-refractivity contribution in [3.8, 4) is 0 Å². The van der Waals surface area contributed by atoms with E-state index in [9.17, 15) is 0 Å². The van der Waals surface area contributed by atoms with Crippen LogP contribution in [-0.4, -0.2) is 18.0 Å². The molecule has 70 valence electrons. The molecule has 0 aromatic rings. The van der Waals surface area contributed by atoms with Gasteiger partial charge in [-0.2, -0.15) is 0 Å². The number of ether oxygens (including phenoxy) is 2. The maximum Gasteiger partial charge on any atom is 0.169 e. The van der Waals surface area contributed by atoms with Gasteiger partial charge < -0.3 is 9.47 Å². The van der Waals surface area contributed by atoms with E-state index in [-0.39, 0.29) is 5.79 Å². The number of fused-ring (bicyclic) bond motifs is 2. The summed E-state index contributed by atoms with van der Waals surface area (Å²) in [5, 5.41) is 0. The summed E-state index contributed by atoms with van der Waals surface area (Å²) in [5.41, 5.74) is 0. The molecule has 2 fully saturated rings. The normalized spacial score (nSPS) is 46.5. The van der Waals surface area contributed by atoms with Crippen molar-refractivity contribution in [1.82, 2.24) is 0 Å². The summed E-state index contributed by atoms with van der Waals surface area (Å²) in [5.74, 6) is -0.191. The van der Waals surface area contributed by atoms with E-state index in [0.717, 1.165) is 19.3 Å². The standard InChI is InChI=1S/C10H18O2/c1-3-8-9-6-5-7-10(4-2,11-8)12-9/h8-9H,3-7H2,1-2H3/t8-,9-,10+/m1/s1. The molecule has 12 heavy (non-hydrogen) atoms. The van der Waals surface area contributed by atoms with Gasteiger partial charge >= 0.3 is 0 Å². The first-order chi connectivity index (χ1) is 5.79. The summed E-state index contributed by atoms with van der Waals surface area (Å²) in [7, 11) is 0. The van der Waals surface area contributed by atoms with Gasteiger partial charge in [-0.3, -0.25) is 0 Å². The van der Waals surface area contributed by atoms with Crippen molar-refractivity contribution in [2.45, 2.75) is 63.9 Å². The van der Waals surface area contributed by atoms with Crippen LogP contribution in [0.2, 0.25) is 0 Å². The van der Waals surface area contributed by atoms with Crippen LogP contribution >= 0.6 is 0 Å². The first-order valence-electron chi connectivity index (χ1n) is 5.15. The fraction of sp³-hybridized carbons (Fsp3) is 1.00. The maximum atomic E-state index is 5.95. The molecule has 2 rings (SSSR count). The number of rotatable bonds is 2. The minimum atomic E-state index is -0.191. The van der Waals surface area contributed by atoms with Crippen molar-refractivity contribution >= 4 is 0 Å². The molecule has 2 aliphatic heterocycles. The molecule has 0 N–H and O–H groups in total. The Labute approximate surface area is 74.2 Å². The first kappa shape index (κ1) is 8.52. The zero-order valence-electron chi connectivity index (χ0n) is 8.01. The number of hydrogen-bond acceptors (Lipinski definition) is 2. The van der Waals surface area contributed by atoms with E-state index in [0.29, 0.717) is 12.2 Å². The van der Waals surface area contributed by atoms with Crippen LogP contribution in [-0.2, 0) is 9.47 Å². The lowest BCUT2D eigenvalue weighted by atomic mass is 10.00. The van der Waals surface area contributed by atoms with E-state index in [2.05, 4.69) is 13.8 Å². The molecule has 0 saturated carbocycles. The van der Waals surface area contributed by atoms with Crippen LogP contribution in [0, 0.1) is 0 Å². The lowest BCUT2D eigenvalue weighted by Crippen LogP contribution is -2.33. The Bertz CT molecular complexity index is 169. The Morgan fingerprint density at radius 3 is 2.75 bits per heavy atom. The Hall–Kier alpha value is -0.0800. The second-order valence-corrected chi connectivity index (χ2v) is 3.88. The molecule has 0 unspecified atom stereocenters. The van der Waals surface area contributed by atoms with Crippen LogP contribution < -0.4 is 0 Å². The highest BCUT2D eigenvalue weighted by atomic mass is 16.8. The van der Waals surface area contributed by atoms with Gasteiger partial charge in [0.05, 0.1) is 12.2 Å². The van der Waals surface area contributed by atoms with E-state index in [1.54, 1.807) is 0 Å². The van der Waals surface area contributed by atoms with Crippen LogP contribution in [0.5, 0.6) is 0 Å². The minimum Gasteiger partial charge on any atom is -0.344 e. The van der Waals surface area contributed by atoms with E-state index in [4.69, 9.17) is 9.47 Å². The Morgan fingerprint density at radius 1 is 1.33 bits per heavy atom. The Balaban J connectivity index is 2.10. The smallest absolute Gasteiger partial charge is 0.169 e. The van der Waals surface area contributed by atoms with Crippen LogP contribution in [0.1, 0.15) is 46.0 Å². The summed E-state index contributed by atoms with van der Waals surface area (Å²) >= 11 is 0. The molecule has 2 heteroatoms. The third-order valence-electron chi connectivity index (χ3n) is 3.13. The second kappa shape index (κ2) is 3.00. The van der Waals surface area contributed by atoms with Crippen molar-refractivity contribution in [2.24, 2.45) is 0 Å². The Kier molecular flexibility index (Phi) is 2.13. The molecule has 0 spiro atoms. The lowest BCUT2D eigenvalue weighted by Gasteiger charge is -2.30.